The van der Waals surface area contributed by atoms with Crippen LogP contribution >= 0.6 is 0 Å². The first-order chi connectivity index (χ1) is 14.0. The molecule has 29 heavy (non-hydrogen) atoms. The Labute approximate surface area is 168 Å². The SMILES string of the molecule is C=CCCc1cc2c(c(F)c1F)Oc1c(ccc(C3CCC(C=C)CO3)c1F)C2. The lowest BCUT2D eigenvalue weighted by Crippen LogP contribution is -2.20. The van der Waals surface area contributed by atoms with Crippen LogP contribution in [0.5, 0.6) is 11.5 Å². The molecule has 5 heteroatoms. The van der Waals surface area contributed by atoms with Crippen molar-refractivity contribution in [3.8, 4) is 11.5 Å². The zero-order valence-corrected chi connectivity index (χ0v) is 16.1. The summed E-state index contributed by atoms with van der Waals surface area (Å²) in [7, 11) is 0. The van der Waals surface area contributed by atoms with Gasteiger partial charge in [-0.3, -0.25) is 0 Å². The smallest absolute Gasteiger partial charge is 0.201 e. The van der Waals surface area contributed by atoms with Crippen LogP contribution in [0.4, 0.5) is 13.2 Å². The summed E-state index contributed by atoms with van der Waals surface area (Å²) in [6.45, 7) is 7.87. The number of hydrogen-bond donors (Lipinski definition) is 0. The normalized spacial score (nSPS) is 20.4. The van der Waals surface area contributed by atoms with Crippen LogP contribution in [0.2, 0.25) is 0 Å². The van der Waals surface area contributed by atoms with Gasteiger partial charge in [-0.15, -0.1) is 13.2 Å². The predicted octanol–water partition coefficient (Wildman–Crippen LogP) is 6.57. The third-order valence-electron chi connectivity index (χ3n) is 5.72. The fraction of sp³-hybridized carbons (Fsp3) is 0.333. The first-order valence-electron chi connectivity index (χ1n) is 9.87. The Balaban J connectivity index is 1.65. The van der Waals surface area contributed by atoms with Gasteiger partial charge in [0.15, 0.2) is 23.1 Å². The molecular weight excluding hydrogens is 377 g/mol. The van der Waals surface area contributed by atoms with Gasteiger partial charge in [0.25, 0.3) is 0 Å². The van der Waals surface area contributed by atoms with E-state index in [1.54, 1.807) is 24.3 Å². The maximum atomic E-state index is 15.2. The average molecular weight is 400 g/mol. The van der Waals surface area contributed by atoms with Crippen LogP contribution in [-0.4, -0.2) is 6.61 Å². The molecule has 2 aromatic carbocycles. The van der Waals surface area contributed by atoms with Crippen LogP contribution in [0.15, 0.2) is 43.5 Å². The van der Waals surface area contributed by atoms with Gasteiger partial charge in [-0.25, -0.2) is 8.78 Å². The third-order valence-corrected chi connectivity index (χ3v) is 5.72. The van der Waals surface area contributed by atoms with Crippen molar-refractivity contribution < 1.29 is 22.6 Å². The lowest BCUT2D eigenvalue weighted by Gasteiger charge is -2.29. The van der Waals surface area contributed by atoms with Crippen LogP contribution in [0, 0.1) is 23.4 Å². The summed E-state index contributed by atoms with van der Waals surface area (Å²) in [4.78, 5) is 0. The Bertz CT molecular complexity index is 959. The Morgan fingerprint density at radius 3 is 2.48 bits per heavy atom. The first-order valence-corrected chi connectivity index (χ1v) is 9.87. The van der Waals surface area contributed by atoms with E-state index in [-0.39, 0.29) is 35.5 Å². The highest BCUT2D eigenvalue weighted by atomic mass is 19.2. The second-order valence-corrected chi connectivity index (χ2v) is 7.61. The van der Waals surface area contributed by atoms with Crippen LogP contribution < -0.4 is 4.74 Å². The molecular formula is C24H23F3O2. The first kappa shape index (κ1) is 19.8. The van der Waals surface area contributed by atoms with Crippen molar-refractivity contribution in [3.63, 3.8) is 0 Å². The lowest BCUT2D eigenvalue weighted by atomic mass is 9.91. The Hall–Kier alpha value is -2.53. The van der Waals surface area contributed by atoms with Crippen LogP contribution in [0.1, 0.15) is 47.6 Å². The quantitative estimate of drug-likeness (QED) is 0.451. The average Bonchev–Trinajstić information content (AvgIpc) is 2.75. The maximum absolute atomic E-state index is 15.2. The monoisotopic (exact) mass is 400 g/mol. The molecule has 0 spiro atoms. The van der Waals surface area contributed by atoms with Crippen molar-refractivity contribution in [3.05, 3.63) is 83.2 Å². The molecule has 2 aromatic rings. The minimum atomic E-state index is -1.07. The van der Waals surface area contributed by atoms with Crippen molar-refractivity contribution >= 4 is 0 Å². The highest BCUT2D eigenvalue weighted by molar-refractivity contribution is 5.54. The summed E-state index contributed by atoms with van der Waals surface area (Å²) in [5.41, 5.74) is 1.79. The van der Waals surface area contributed by atoms with Crippen molar-refractivity contribution in [2.75, 3.05) is 6.61 Å². The molecule has 0 radical (unpaired) electrons. The molecule has 2 aliphatic rings. The number of hydrogen-bond acceptors (Lipinski definition) is 2. The van der Waals surface area contributed by atoms with E-state index in [4.69, 9.17) is 9.47 Å². The Morgan fingerprint density at radius 2 is 1.79 bits per heavy atom. The summed E-state index contributed by atoms with van der Waals surface area (Å²) in [6, 6.07) is 5.09. The molecule has 0 aliphatic carbocycles. The Kier molecular flexibility index (Phi) is 5.50. The van der Waals surface area contributed by atoms with E-state index >= 15 is 4.39 Å². The van der Waals surface area contributed by atoms with Gasteiger partial charge in [0.2, 0.25) is 5.82 Å². The lowest BCUT2D eigenvalue weighted by molar-refractivity contribution is -0.00721. The topological polar surface area (TPSA) is 18.5 Å². The molecule has 0 saturated carbocycles. The standard InChI is InChI=1S/C24H23F3O2/c1-3-5-6-15-11-17-12-16-8-9-18(19-10-7-14(4-2)13-28-19)21(26)23(16)29-24(17)22(27)20(15)25/h3-4,8-9,11,14,19H,1-2,5-7,10,12-13H2. The van der Waals surface area contributed by atoms with E-state index in [2.05, 4.69) is 13.2 Å². The minimum absolute atomic E-state index is 0.0402. The summed E-state index contributed by atoms with van der Waals surface area (Å²) < 4.78 is 55.7. The van der Waals surface area contributed by atoms with Gasteiger partial charge >= 0.3 is 0 Å². The fourth-order valence-corrected chi connectivity index (χ4v) is 4.02. The van der Waals surface area contributed by atoms with Crippen LogP contribution in [0.3, 0.4) is 0 Å². The number of ether oxygens (including phenoxy) is 2. The van der Waals surface area contributed by atoms with Crippen molar-refractivity contribution in [1.82, 2.24) is 0 Å². The van der Waals surface area contributed by atoms with Crippen molar-refractivity contribution in [1.29, 1.82) is 0 Å². The molecule has 2 heterocycles. The highest BCUT2D eigenvalue weighted by Gasteiger charge is 2.31. The second-order valence-electron chi connectivity index (χ2n) is 7.61. The number of rotatable bonds is 5. The molecule has 4 rings (SSSR count). The zero-order chi connectivity index (χ0) is 20.5. The number of benzene rings is 2. The van der Waals surface area contributed by atoms with Gasteiger partial charge in [-0.05, 0) is 37.3 Å². The van der Waals surface area contributed by atoms with Gasteiger partial charge in [0.1, 0.15) is 0 Å². The fourth-order valence-electron chi connectivity index (χ4n) is 4.02. The number of allylic oxidation sites excluding steroid dienone is 1. The van der Waals surface area contributed by atoms with E-state index < -0.39 is 17.5 Å². The summed E-state index contributed by atoms with van der Waals surface area (Å²) >= 11 is 0. The second kappa shape index (κ2) is 8.07. The zero-order valence-electron chi connectivity index (χ0n) is 16.1. The molecule has 1 fully saturated rings. The predicted molar refractivity (Wildman–Crippen MR) is 106 cm³/mol. The Morgan fingerprint density at radius 1 is 1.00 bits per heavy atom. The number of halogens is 3. The van der Waals surface area contributed by atoms with E-state index in [9.17, 15) is 8.78 Å². The molecule has 2 atom stereocenters. The largest absolute Gasteiger partial charge is 0.450 e. The van der Waals surface area contributed by atoms with Gasteiger partial charge in [-0.1, -0.05) is 24.3 Å². The van der Waals surface area contributed by atoms with Crippen LogP contribution in [-0.2, 0) is 17.6 Å². The molecule has 2 nitrogen and oxygen atoms in total. The van der Waals surface area contributed by atoms with Gasteiger partial charge in [0, 0.05) is 29.0 Å². The summed E-state index contributed by atoms with van der Waals surface area (Å²) in [5, 5.41) is 0. The molecule has 1 saturated heterocycles. The van der Waals surface area contributed by atoms with Gasteiger partial charge in [0.05, 0.1) is 12.7 Å². The maximum Gasteiger partial charge on any atom is 0.201 e. The van der Waals surface area contributed by atoms with E-state index in [1.807, 2.05) is 6.08 Å². The van der Waals surface area contributed by atoms with Gasteiger partial charge in [-0.2, -0.15) is 4.39 Å². The summed E-state index contributed by atoms with van der Waals surface area (Å²) in [6.07, 6.45) is 5.82. The number of aryl methyl sites for hydroxylation is 1. The molecule has 2 aliphatic heterocycles. The van der Waals surface area contributed by atoms with Crippen molar-refractivity contribution in [2.24, 2.45) is 5.92 Å². The van der Waals surface area contributed by atoms with E-state index in [0.29, 0.717) is 42.6 Å². The minimum Gasteiger partial charge on any atom is -0.450 e. The van der Waals surface area contributed by atoms with Crippen molar-refractivity contribution in [2.45, 2.75) is 38.2 Å². The van der Waals surface area contributed by atoms with Gasteiger partial charge < -0.3 is 9.47 Å². The molecule has 0 bridgehead atoms. The van der Waals surface area contributed by atoms with E-state index in [1.165, 1.54) is 0 Å². The summed E-state index contributed by atoms with van der Waals surface area (Å²) in [5.74, 6) is -2.59. The molecule has 0 aromatic heterocycles. The molecule has 0 amide bonds. The number of fused-ring (bicyclic) bond motifs is 2. The van der Waals surface area contributed by atoms with Crippen LogP contribution in [0.25, 0.3) is 0 Å². The third kappa shape index (κ3) is 3.60. The molecule has 152 valence electrons. The molecule has 0 N–H and O–H groups in total. The highest BCUT2D eigenvalue weighted by Crippen LogP contribution is 2.44. The molecule has 2 unspecified atom stereocenters. The van der Waals surface area contributed by atoms with E-state index in [0.717, 1.165) is 6.42 Å².